The van der Waals surface area contributed by atoms with E-state index in [0.717, 1.165) is 16.3 Å². The van der Waals surface area contributed by atoms with Crippen molar-refractivity contribution in [3.05, 3.63) is 28.8 Å². The van der Waals surface area contributed by atoms with Gasteiger partial charge in [-0.25, -0.2) is 0 Å². The second-order valence-corrected chi connectivity index (χ2v) is 5.88. The molecule has 2 nitrogen and oxygen atoms in total. The lowest BCUT2D eigenvalue weighted by Gasteiger charge is -2.31. The lowest BCUT2D eigenvalue weighted by atomic mass is 9.82. The summed E-state index contributed by atoms with van der Waals surface area (Å²) in [4.78, 5) is 2.07. The zero-order valence-corrected chi connectivity index (χ0v) is 11.5. The highest BCUT2D eigenvalue weighted by Crippen LogP contribution is 2.36. The van der Waals surface area contributed by atoms with Crippen molar-refractivity contribution < 1.29 is 0 Å². The Morgan fingerprint density at radius 1 is 1.25 bits per heavy atom. The fourth-order valence-corrected chi connectivity index (χ4v) is 1.83. The number of halogens is 1. The number of nitrogens with two attached hydrogens (primary N) is 1. The molecular weight excluding hydrogens is 220 g/mol. The Bertz CT molecular complexity index is 367. The van der Waals surface area contributed by atoms with Gasteiger partial charge in [0.25, 0.3) is 0 Å². The minimum Gasteiger partial charge on any atom is -0.377 e. The summed E-state index contributed by atoms with van der Waals surface area (Å²) in [5.74, 6) is 0. The highest BCUT2D eigenvalue weighted by molar-refractivity contribution is 6.30. The first-order valence-electron chi connectivity index (χ1n) is 5.46. The van der Waals surface area contributed by atoms with Crippen LogP contribution < -0.4 is 10.6 Å². The molecular formula is C13H21ClN2. The summed E-state index contributed by atoms with van der Waals surface area (Å²) < 4.78 is 0. The lowest BCUT2D eigenvalue weighted by Crippen LogP contribution is -2.28. The van der Waals surface area contributed by atoms with Crippen molar-refractivity contribution >= 4 is 17.3 Å². The first-order valence-corrected chi connectivity index (χ1v) is 5.83. The molecule has 16 heavy (non-hydrogen) atoms. The smallest absolute Gasteiger partial charge is 0.0410 e. The van der Waals surface area contributed by atoms with Gasteiger partial charge in [-0.15, -0.1) is 0 Å². The molecule has 1 aromatic carbocycles. The van der Waals surface area contributed by atoms with Gasteiger partial charge in [0.05, 0.1) is 0 Å². The van der Waals surface area contributed by atoms with E-state index in [1.54, 1.807) is 0 Å². The third-order valence-corrected chi connectivity index (χ3v) is 2.97. The van der Waals surface area contributed by atoms with Crippen molar-refractivity contribution in [2.45, 2.75) is 26.8 Å². The van der Waals surface area contributed by atoms with Crippen molar-refractivity contribution in [2.75, 3.05) is 19.0 Å². The molecule has 2 N–H and O–H groups in total. The molecule has 0 fully saturated rings. The topological polar surface area (TPSA) is 29.3 Å². The molecule has 0 spiro atoms. The quantitative estimate of drug-likeness (QED) is 0.858. The molecule has 0 amide bonds. The molecule has 1 rings (SSSR count). The van der Waals surface area contributed by atoms with Gasteiger partial charge in [0.1, 0.15) is 0 Å². The van der Waals surface area contributed by atoms with E-state index in [1.807, 2.05) is 32.3 Å². The second-order valence-electron chi connectivity index (χ2n) is 5.44. The summed E-state index contributed by atoms with van der Waals surface area (Å²) in [5, 5.41) is 0.736. The van der Waals surface area contributed by atoms with Crippen LogP contribution in [0.5, 0.6) is 0 Å². The molecule has 0 unspecified atom stereocenters. The molecule has 0 heterocycles. The van der Waals surface area contributed by atoms with Crippen LogP contribution in [0.3, 0.4) is 0 Å². The monoisotopic (exact) mass is 240 g/mol. The Kier molecular flexibility index (Phi) is 3.87. The van der Waals surface area contributed by atoms with E-state index in [1.165, 1.54) is 0 Å². The van der Waals surface area contributed by atoms with Gasteiger partial charge in [0, 0.05) is 30.8 Å². The largest absolute Gasteiger partial charge is 0.377 e. The Hall–Kier alpha value is -0.730. The van der Waals surface area contributed by atoms with Crippen LogP contribution in [0.1, 0.15) is 32.4 Å². The first kappa shape index (κ1) is 13.3. The molecule has 0 aliphatic heterocycles. The molecule has 0 bridgehead atoms. The fourth-order valence-electron chi connectivity index (χ4n) is 1.65. The maximum atomic E-state index is 6.29. The van der Waals surface area contributed by atoms with Crippen molar-refractivity contribution in [2.24, 2.45) is 11.1 Å². The average Bonchev–Trinajstić information content (AvgIpc) is 2.14. The van der Waals surface area contributed by atoms with Crippen LogP contribution in [0.15, 0.2) is 18.2 Å². The highest BCUT2D eigenvalue weighted by Gasteiger charge is 2.25. The maximum absolute atomic E-state index is 6.29. The number of nitrogens with zero attached hydrogens (tertiary/aromatic N) is 1. The zero-order valence-electron chi connectivity index (χ0n) is 10.7. The summed E-state index contributed by atoms with van der Waals surface area (Å²) in [6, 6.07) is 5.86. The zero-order chi connectivity index (χ0) is 12.5. The SMILES string of the molecule is CN(C)c1ccc(Cl)cc1[C@@H](N)C(C)(C)C. The second kappa shape index (κ2) is 4.64. The molecule has 1 atom stereocenters. The maximum Gasteiger partial charge on any atom is 0.0410 e. The summed E-state index contributed by atoms with van der Waals surface area (Å²) in [5.41, 5.74) is 8.55. The van der Waals surface area contributed by atoms with E-state index in [0.29, 0.717) is 0 Å². The minimum absolute atomic E-state index is 0.0233. The molecule has 0 radical (unpaired) electrons. The van der Waals surface area contributed by atoms with Gasteiger partial charge in [0.2, 0.25) is 0 Å². The van der Waals surface area contributed by atoms with Crippen LogP contribution in [0, 0.1) is 5.41 Å². The van der Waals surface area contributed by atoms with E-state index in [9.17, 15) is 0 Å². The van der Waals surface area contributed by atoms with Crippen LogP contribution in [0.25, 0.3) is 0 Å². The van der Waals surface area contributed by atoms with Crippen LogP contribution in [0.4, 0.5) is 5.69 Å². The van der Waals surface area contributed by atoms with E-state index >= 15 is 0 Å². The number of hydrogen-bond donors (Lipinski definition) is 1. The van der Waals surface area contributed by atoms with Gasteiger partial charge in [-0.2, -0.15) is 0 Å². The van der Waals surface area contributed by atoms with Crippen molar-refractivity contribution in [1.29, 1.82) is 0 Å². The van der Waals surface area contributed by atoms with Crippen molar-refractivity contribution in [3.63, 3.8) is 0 Å². The van der Waals surface area contributed by atoms with Gasteiger partial charge in [-0.1, -0.05) is 32.4 Å². The van der Waals surface area contributed by atoms with Gasteiger partial charge in [0.15, 0.2) is 0 Å². The summed E-state index contributed by atoms with van der Waals surface area (Å²) in [6.45, 7) is 6.41. The summed E-state index contributed by atoms with van der Waals surface area (Å²) in [7, 11) is 4.03. The molecule has 0 aliphatic rings. The molecule has 0 aliphatic carbocycles. The fraction of sp³-hybridized carbons (Fsp3) is 0.538. The van der Waals surface area contributed by atoms with Gasteiger partial charge in [-0.3, -0.25) is 0 Å². The van der Waals surface area contributed by atoms with E-state index < -0.39 is 0 Å². The van der Waals surface area contributed by atoms with E-state index in [2.05, 4.69) is 25.7 Å². The van der Waals surface area contributed by atoms with Gasteiger partial charge >= 0.3 is 0 Å². The van der Waals surface area contributed by atoms with Crippen LogP contribution in [-0.4, -0.2) is 14.1 Å². The average molecular weight is 241 g/mol. The molecule has 90 valence electrons. The number of anilines is 1. The Morgan fingerprint density at radius 3 is 2.25 bits per heavy atom. The minimum atomic E-state index is -0.0244. The normalized spacial score (nSPS) is 13.7. The van der Waals surface area contributed by atoms with Crippen LogP contribution in [0.2, 0.25) is 5.02 Å². The predicted molar refractivity (Wildman–Crippen MR) is 72.2 cm³/mol. The summed E-state index contributed by atoms with van der Waals surface area (Å²) in [6.07, 6.45) is 0. The first-order chi connectivity index (χ1) is 7.23. The van der Waals surface area contributed by atoms with E-state index in [4.69, 9.17) is 17.3 Å². The highest BCUT2D eigenvalue weighted by atomic mass is 35.5. The van der Waals surface area contributed by atoms with Gasteiger partial charge < -0.3 is 10.6 Å². The molecule has 1 aromatic rings. The van der Waals surface area contributed by atoms with Crippen molar-refractivity contribution in [3.8, 4) is 0 Å². The standard InChI is InChI=1S/C13H21ClN2/c1-13(2,3)12(15)10-8-9(14)6-7-11(10)16(4)5/h6-8,12H,15H2,1-5H3/t12-/m1/s1. The van der Waals surface area contributed by atoms with E-state index in [-0.39, 0.29) is 11.5 Å². The number of hydrogen-bond acceptors (Lipinski definition) is 2. The third kappa shape index (κ3) is 2.89. The van der Waals surface area contributed by atoms with Crippen LogP contribution in [-0.2, 0) is 0 Å². The molecule has 0 aromatic heterocycles. The molecule has 3 heteroatoms. The Labute approximate surface area is 103 Å². The van der Waals surface area contributed by atoms with Crippen LogP contribution >= 0.6 is 11.6 Å². The number of rotatable bonds is 2. The molecule has 0 saturated heterocycles. The third-order valence-electron chi connectivity index (χ3n) is 2.74. The van der Waals surface area contributed by atoms with Gasteiger partial charge in [-0.05, 0) is 29.2 Å². The summed E-state index contributed by atoms with van der Waals surface area (Å²) >= 11 is 6.04. The Morgan fingerprint density at radius 2 is 1.81 bits per heavy atom. The lowest BCUT2D eigenvalue weighted by molar-refractivity contribution is 0.327. The van der Waals surface area contributed by atoms with Crippen molar-refractivity contribution in [1.82, 2.24) is 0 Å². The Balaban J connectivity index is 3.25. The molecule has 0 saturated carbocycles. The number of benzene rings is 1. The predicted octanol–water partition coefficient (Wildman–Crippen LogP) is 3.45.